The number of aromatic nitrogens is 2. The molecular weight excluding hydrogens is 232 g/mol. The van der Waals surface area contributed by atoms with Crippen molar-refractivity contribution < 1.29 is 9.90 Å². The molecular formula is C12H18N4O2. The molecule has 0 spiro atoms. The highest BCUT2D eigenvalue weighted by Gasteiger charge is 2.33. The Morgan fingerprint density at radius 2 is 2.28 bits per heavy atom. The van der Waals surface area contributed by atoms with Crippen LogP contribution in [0.2, 0.25) is 0 Å². The van der Waals surface area contributed by atoms with E-state index < -0.39 is 5.60 Å². The van der Waals surface area contributed by atoms with Crippen LogP contribution < -0.4 is 10.6 Å². The number of nitrogens with one attached hydrogen (secondary N) is 2. The fraction of sp³-hybridized carbons (Fsp3) is 0.583. The lowest BCUT2D eigenvalue weighted by Gasteiger charge is -2.36. The zero-order valence-electron chi connectivity index (χ0n) is 10.2. The number of amides is 2. The summed E-state index contributed by atoms with van der Waals surface area (Å²) in [6.45, 7) is 0.840. The predicted octanol–water partition coefficient (Wildman–Crippen LogP) is 0.581. The van der Waals surface area contributed by atoms with E-state index in [-0.39, 0.29) is 6.03 Å². The van der Waals surface area contributed by atoms with Gasteiger partial charge in [0.25, 0.3) is 0 Å². The van der Waals surface area contributed by atoms with Crippen LogP contribution in [0.15, 0.2) is 18.3 Å². The fourth-order valence-electron chi connectivity index (χ4n) is 1.90. The Bertz CT molecular complexity index is 392. The number of rotatable bonds is 5. The molecule has 0 atom stereocenters. The molecule has 0 aromatic carbocycles. The Kier molecular flexibility index (Phi) is 4.09. The Morgan fingerprint density at radius 3 is 2.89 bits per heavy atom. The van der Waals surface area contributed by atoms with Crippen molar-refractivity contribution in [3.8, 4) is 0 Å². The molecule has 0 radical (unpaired) electrons. The van der Waals surface area contributed by atoms with Gasteiger partial charge in [-0.05, 0) is 37.8 Å². The number of carbonyl (C=O) groups is 1. The number of carbonyl (C=O) groups excluding carboxylic acids is 1. The average Bonchev–Trinajstić information content (AvgIpc) is 2.35. The quantitative estimate of drug-likeness (QED) is 0.713. The summed E-state index contributed by atoms with van der Waals surface area (Å²) in [6.07, 6.45) is 4.97. The number of aliphatic hydroxyl groups is 1. The molecule has 2 amide bonds. The Hall–Kier alpha value is -1.69. The third-order valence-corrected chi connectivity index (χ3v) is 3.22. The van der Waals surface area contributed by atoms with Crippen LogP contribution in [0.4, 0.5) is 4.79 Å². The van der Waals surface area contributed by atoms with E-state index in [1.807, 2.05) is 0 Å². The van der Waals surface area contributed by atoms with Crippen LogP contribution in [0.1, 0.15) is 31.4 Å². The van der Waals surface area contributed by atoms with Crippen molar-refractivity contribution in [1.29, 1.82) is 0 Å². The van der Waals surface area contributed by atoms with Gasteiger partial charge in [-0.1, -0.05) is 0 Å². The van der Waals surface area contributed by atoms with Gasteiger partial charge in [0.2, 0.25) is 0 Å². The Labute approximate surface area is 106 Å². The van der Waals surface area contributed by atoms with Crippen molar-refractivity contribution in [3.05, 3.63) is 24.0 Å². The topological polar surface area (TPSA) is 87.1 Å². The van der Waals surface area contributed by atoms with Gasteiger partial charge in [-0.25, -0.2) is 4.79 Å². The van der Waals surface area contributed by atoms with Crippen LogP contribution in [0.25, 0.3) is 0 Å². The standard InChI is InChI=1S/C12H18N4O2/c17-11(13-8-6-12(18)4-2-5-12)14-9-10-3-1-7-15-16-10/h1,3,7,18H,2,4-6,8-9H2,(H2,13,14,17). The molecule has 1 heterocycles. The molecule has 0 bridgehead atoms. The van der Waals surface area contributed by atoms with E-state index in [4.69, 9.17) is 0 Å². The van der Waals surface area contributed by atoms with Crippen molar-refractivity contribution in [3.63, 3.8) is 0 Å². The van der Waals surface area contributed by atoms with Gasteiger partial charge < -0.3 is 15.7 Å². The van der Waals surface area contributed by atoms with Crippen molar-refractivity contribution in [2.45, 2.75) is 37.8 Å². The largest absolute Gasteiger partial charge is 0.390 e. The molecule has 6 nitrogen and oxygen atoms in total. The van der Waals surface area contributed by atoms with E-state index in [2.05, 4.69) is 20.8 Å². The van der Waals surface area contributed by atoms with E-state index in [0.717, 1.165) is 19.3 Å². The van der Waals surface area contributed by atoms with E-state index in [9.17, 15) is 9.90 Å². The second kappa shape index (κ2) is 5.77. The van der Waals surface area contributed by atoms with E-state index in [0.29, 0.717) is 25.2 Å². The minimum atomic E-state index is -0.543. The van der Waals surface area contributed by atoms with Crippen LogP contribution in [0.3, 0.4) is 0 Å². The number of hydrogen-bond donors (Lipinski definition) is 3. The van der Waals surface area contributed by atoms with Crippen molar-refractivity contribution in [1.82, 2.24) is 20.8 Å². The van der Waals surface area contributed by atoms with E-state index in [1.165, 1.54) is 0 Å². The molecule has 0 saturated heterocycles. The van der Waals surface area contributed by atoms with Gasteiger partial charge in [0.1, 0.15) is 0 Å². The monoisotopic (exact) mass is 250 g/mol. The lowest BCUT2D eigenvalue weighted by molar-refractivity contribution is -0.0389. The summed E-state index contributed by atoms with van der Waals surface area (Å²) in [5, 5.41) is 22.8. The average molecular weight is 250 g/mol. The minimum Gasteiger partial charge on any atom is -0.390 e. The second-order valence-electron chi connectivity index (χ2n) is 4.65. The zero-order valence-corrected chi connectivity index (χ0v) is 10.2. The molecule has 1 saturated carbocycles. The van der Waals surface area contributed by atoms with Crippen LogP contribution >= 0.6 is 0 Å². The highest BCUT2D eigenvalue weighted by Crippen LogP contribution is 2.33. The van der Waals surface area contributed by atoms with Crippen molar-refractivity contribution >= 4 is 6.03 Å². The molecule has 18 heavy (non-hydrogen) atoms. The summed E-state index contributed by atoms with van der Waals surface area (Å²) in [4.78, 5) is 11.5. The molecule has 2 rings (SSSR count). The van der Waals surface area contributed by atoms with Crippen molar-refractivity contribution in [2.75, 3.05) is 6.54 Å². The first-order valence-electron chi connectivity index (χ1n) is 6.19. The summed E-state index contributed by atoms with van der Waals surface area (Å²) in [5.74, 6) is 0. The van der Waals surface area contributed by atoms with Gasteiger partial charge in [-0.2, -0.15) is 10.2 Å². The van der Waals surface area contributed by atoms with Gasteiger partial charge in [-0.3, -0.25) is 0 Å². The molecule has 1 aromatic rings. The maximum Gasteiger partial charge on any atom is 0.315 e. The molecule has 6 heteroatoms. The normalized spacial score (nSPS) is 16.7. The molecule has 0 aliphatic heterocycles. The van der Waals surface area contributed by atoms with Crippen LogP contribution in [-0.4, -0.2) is 33.5 Å². The molecule has 3 N–H and O–H groups in total. The first kappa shape index (κ1) is 12.8. The third-order valence-electron chi connectivity index (χ3n) is 3.22. The number of nitrogens with zero attached hydrogens (tertiary/aromatic N) is 2. The van der Waals surface area contributed by atoms with E-state index >= 15 is 0 Å². The first-order chi connectivity index (χ1) is 8.68. The first-order valence-corrected chi connectivity index (χ1v) is 6.19. The van der Waals surface area contributed by atoms with Gasteiger partial charge in [0.05, 0.1) is 17.8 Å². The molecule has 98 valence electrons. The van der Waals surface area contributed by atoms with E-state index in [1.54, 1.807) is 18.3 Å². The SMILES string of the molecule is O=C(NCCC1(O)CCC1)NCc1cccnn1. The smallest absolute Gasteiger partial charge is 0.315 e. The predicted molar refractivity (Wildman–Crippen MR) is 65.7 cm³/mol. The third kappa shape index (κ3) is 3.66. The lowest BCUT2D eigenvalue weighted by Crippen LogP contribution is -2.42. The second-order valence-corrected chi connectivity index (χ2v) is 4.65. The zero-order chi connectivity index (χ0) is 12.8. The highest BCUT2D eigenvalue weighted by atomic mass is 16.3. The summed E-state index contributed by atoms with van der Waals surface area (Å²) in [5.41, 5.74) is 0.170. The van der Waals surface area contributed by atoms with Gasteiger partial charge in [0, 0.05) is 12.7 Å². The molecule has 1 fully saturated rings. The summed E-state index contributed by atoms with van der Waals surface area (Å²) in [6, 6.07) is 3.32. The summed E-state index contributed by atoms with van der Waals surface area (Å²) >= 11 is 0. The molecule has 1 aliphatic rings. The number of urea groups is 1. The fourth-order valence-corrected chi connectivity index (χ4v) is 1.90. The van der Waals surface area contributed by atoms with Crippen LogP contribution in [-0.2, 0) is 6.54 Å². The number of hydrogen-bond acceptors (Lipinski definition) is 4. The van der Waals surface area contributed by atoms with Crippen LogP contribution in [0, 0.1) is 0 Å². The van der Waals surface area contributed by atoms with Gasteiger partial charge >= 0.3 is 6.03 Å². The lowest BCUT2D eigenvalue weighted by atomic mass is 9.78. The van der Waals surface area contributed by atoms with Gasteiger partial charge in [0.15, 0.2) is 0 Å². The van der Waals surface area contributed by atoms with Crippen molar-refractivity contribution in [2.24, 2.45) is 0 Å². The molecule has 1 aromatic heterocycles. The maximum atomic E-state index is 11.5. The molecule has 1 aliphatic carbocycles. The summed E-state index contributed by atoms with van der Waals surface area (Å²) in [7, 11) is 0. The maximum absolute atomic E-state index is 11.5. The van der Waals surface area contributed by atoms with Crippen LogP contribution in [0.5, 0.6) is 0 Å². The Balaban J connectivity index is 1.60. The Morgan fingerprint density at radius 1 is 1.44 bits per heavy atom. The highest BCUT2D eigenvalue weighted by molar-refractivity contribution is 5.73. The summed E-state index contributed by atoms with van der Waals surface area (Å²) < 4.78 is 0. The minimum absolute atomic E-state index is 0.247. The molecule has 0 unspecified atom stereocenters. The van der Waals surface area contributed by atoms with Gasteiger partial charge in [-0.15, -0.1) is 0 Å².